The first-order valence-electron chi connectivity index (χ1n) is 15.7. The number of anilines is 2. The lowest BCUT2D eigenvalue weighted by Crippen LogP contribution is -2.48. The van der Waals surface area contributed by atoms with Crippen molar-refractivity contribution in [2.45, 2.75) is 64.5 Å². The van der Waals surface area contributed by atoms with E-state index < -0.39 is 0 Å². The molecule has 0 saturated heterocycles. The summed E-state index contributed by atoms with van der Waals surface area (Å²) >= 11 is 0. The Morgan fingerprint density at radius 2 is 1.81 bits per heavy atom. The molecule has 0 bridgehead atoms. The van der Waals surface area contributed by atoms with E-state index in [0.717, 1.165) is 41.0 Å². The van der Waals surface area contributed by atoms with Gasteiger partial charge in [-0.3, -0.25) is 4.79 Å². The van der Waals surface area contributed by atoms with Crippen molar-refractivity contribution in [3.8, 4) is 5.75 Å². The highest BCUT2D eigenvalue weighted by Crippen LogP contribution is 2.30. The lowest BCUT2D eigenvalue weighted by Gasteiger charge is -2.35. The normalized spacial score (nSPS) is 20.5. The maximum Gasteiger partial charge on any atom is 0.323 e. The lowest BCUT2D eigenvalue weighted by atomic mass is 9.89. The molecule has 43 heavy (non-hydrogen) atoms. The molecule has 3 aromatic rings. The van der Waals surface area contributed by atoms with Crippen molar-refractivity contribution in [1.29, 1.82) is 0 Å². The summed E-state index contributed by atoms with van der Waals surface area (Å²) in [5, 5.41) is 17.9. The highest BCUT2D eigenvalue weighted by Gasteiger charge is 2.31. The number of nitrogens with one attached hydrogen (secondary N) is 2. The molecule has 0 aromatic heterocycles. The fourth-order valence-electron chi connectivity index (χ4n) is 6.54. The van der Waals surface area contributed by atoms with Crippen LogP contribution in [0.5, 0.6) is 5.75 Å². The molecule has 5 rings (SSSR count). The van der Waals surface area contributed by atoms with E-state index in [1.165, 1.54) is 32.1 Å². The summed E-state index contributed by atoms with van der Waals surface area (Å²) in [6.07, 6.45) is 6.53. The van der Waals surface area contributed by atoms with E-state index in [1.807, 2.05) is 67.6 Å². The summed E-state index contributed by atoms with van der Waals surface area (Å²) in [6.45, 7) is 6.21. The van der Waals surface area contributed by atoms with Crippen LogP contribution in [0.2, 0.25) is 0 Å². The zero-order valence-electron chi connectivity index (χ0n) is 25.7. The Labute approximate surface area is 255 Å². The second-order valence-electron chi connectivity index (χ2n) is 12.5. The molecule has 8 heteroatoms. The van der Waals surface area contributed by atoms with Gasteiger partial charge in [0.05, 0.1) is 24.8 Å². The molecule has 3 aromatic carbocycles. The number of benzene rings is 3. The number of ether oxygens (including phenoxy) is 1. The Hall–Kier alpha value is -3.62. The molecule has 230 valence electrons. The number of rotatable bonds is 8. The molecule has 8 nitrogen and oxygen atoms in total. The van der Waals surface area contributed by atoms with E-state index in [9.17, 15) is 14.7 Å². The number of urea groups is 1. The molecule has 2 aliphatic rings. The van der Waals surface area contributed by atoms with Crippen LogP contribution in [0, 0.1) is 11.8 Å². The largest absolute Gasteiger partial charge is 0.488 e. The van der Waals surface area contributed by atoms with Crippen LogP contribution in [0.4, 0.5) is 16.2 Å². The molecule has 1 fully saturated rings. The van der Waals surface area contributed by atoms with Crippen LogP contribution >= 0.6 is 0 Å². The van der Waals surface area contributed by atoms with E-state index in [0.29, 0.717) is 18.0 Å². The molecular weight excluding hydrogens is 540 g/mol. The lowest BCUT2D eigenvalue weighted by molar-refractivity contribution is -0.134. The summed E-state index contributed by atoms with van der Waals surface area (Å²) in [5.41, 5.74) is 2.02. The quantitative estimate of drug-likeness (QED) is 0.295. The van der Waals surface area contributed by atoms with E-state index in [2.05, 4.69) is 29.5 Å². The van der Waals surface area contributed by atoms with Crippen molar-refractivity contribution < 1.29 is 19.4 Å². The van der Waals surface area contributed by atoms with Crippen molar-refractivity contribution in [2.75, 3.05) is 43.9 Å². The molecule has 0 unspecified atom stereocenters. The van der Waals surface area contributed by atoms with Crippen LogP contribution in [0.1, 0.15) is 51.5 Å². The second-order valence-corrected chi connectivity index (χ2v) is 12.5. The summed E-state index contributed by atoms with van der Waals surface area (Å²) in [4.78, 5) is 30.8. The van der Waals surface area contributed by atoms with Crippen LogP contribution in [0.15, 0.2) is 60.7 Å². The number of fused-ring (bicyclic) bond motifs is 2. The summed E-state index contributed by atoms with van der Waals surface area (Å²) in [6, 6.07) is 18.6. The van der Waals surface area contributed by atoms with Crippen LogP contribution in [-0.4, -0.2) is 72.3 Å². The number of hydrogen-bond donors (Lipinski definition) is 3. The number of likely N-dealkylation sites (N-methyl/N-ethyl adjacent to an activating group) is 1. The van der Waals surface area contributed by atoms with Crippen molar-refractivity contribution in [3.05, 3.63) is 66.2 Å². The predicted octanol–water partition coefficient (Wildman–Crippen LogP) is 6.14. The van der Waals surface area contributed by atoms with E-state index in [-0.39, 0.29) is 43.0 Å². The molecule has 3 atom stereocenters. The van der Waals surface area contributed by atoms with Gasteiger partial charge in [0, 0.05) is 42.2 Å². The summed E-state index contributed by atoms with van der Waals surface area (Å²) in [7, 11) is 2.17. The molecule has 1 aliphatic carbocycles. The number of aliphatic hydroxyl groups is 1. The monoisotopic (exact) mass is 586 g/mol. The zero-order valence-corrected chi connectivity index (χ0v) is 25.7. The van der Waals surface area contributed by atoms with Gasteiger partial charge in [-0.15, -0.1) is 0 Å². The number of carbonyl (C=O) groups excluding carboxylic acids is 2. The minimum Gasteiger partial charge on any atom is -0.488 e. The fraction of sp³-hybridized carbons (Fsp3) is 0.486. The van der Waals surface area contributed by atoms with Gasteiger partial charge in [-0.05, 0) is 62.4 Å². The third kappa shape index (κ3) is 7.86. The fourth-order valence-corrected chi connectivity index (χ4v) is 6.54. The van der Waals surface area contributed by atoms with Crippen molar-refractivity contribution in [2.24, 2.45) is 11.8 Å². The van der Waals surface area contributed by atoms with Crippen LogP contribution < -0.4 is 15.4 Å². The highest BCUT2D eigenvalue weighted by molar-refractivity contribution is 6.06. The Balaban J connectivity index is 1.35. The molecule has 0 spiro atoms. The van der Waals surface area contributed by atoms with E-state index in [4.69, 9.17) is 4.74 Å². The Morgan fingerprint density at radius 1 is 1.05 bits per heavy atom. The number of aliphatic hydroxyl groups excluding tert-OH is 1. The van der Waals surface area contributed by atoms with Crippen LogP contribution in [0.3, 0.4) is 0 Å². The van der Waals surface area contributed by atoms with Gasteiger partial charge in [-0.25, -0.2) is 4.79 Å². The van der Waals surface area contributed by atoms with Crippen molar-refractivity contribution in [3.63, 3.8) is 0 Å². The standard InChI is InChI=1S/C35H46N4O4/c1-24-20-39(25(2)23-40)34(41)19-28-18-29(36-35(42)37-31-15-9-13-27-12-7-8-14-30(27)31)16-17-32(28)43-33(24)22-38(3)21-26-10-5-4-6-11-26/h7-9,12-18,24-26,33,40H,4-6,10-11,19-23H2,1-3H3,(H2,36,37,42)/t24-,25+,33+/m0/s1. The van der Waals surface area contributed by atoms with Gasteiger partial charge in [0.25, 0.3) is 0 Å². The third-order valence-electron chi connectivity index (χ3n) is 9.00. The number of carbonyl (C=O) groups is 2. The van der Waals surface area contributed by atoms with E-state index in [1.54, 1.807) is 4.90 Å². The molecule has 3 N–H and O–H groups in total. The maximum atomic E-state index is 13.6. The maximum absolute atomic E-state index is 13.6. The van der Waals surface area contributed by atoms with E-state index >= 15 is 0 Å². The smallest absolute Gasteiger partial charge is 0.323 e. The van der Waals surface area contributed by atoms with Gasteiger partial charge < -0.3 is 30.3 Å². The molecule has 3 amide bonds. The topological polar surface area (TPSA) is 94.1 Å². The van der Waals surface area contributed by atoms with Gasteiger partial charge in [0.1, 0.15) is 11.9 Å². The Kier molecular flexibility index (Phi) is 10.2. The Bertz CT molecular complexity index is 1400. The first-order chi connectivity index (χ1) is 20.8. The molecular formula is C35H46N4O4. The minimum absolute atomic E-state index is 0.0574. The minimum atomic E-state index is -0.363. The van der Waals surface area contributed by atoms with Gasteiger partial charge in [0.2, 0.25) is 5.91 Å². The average molecular weight is 587 g/mol. The second kappa shape index (κ2) is 14.2. The van der Waals surface area contributed by atoms with Crippen LogP contribution in [-0.2, 0) is 11.2 Å². The Morgan fingerprint density at radius 3 is 2.60 bits per heavy atom. The molecule has 0 radical (unpaired) electrons. The first-order valence-corrected chi connectivity index (χ1v) is 15.7. The average Bonchev–Trinajstić information content (AvgIpc) is 3.04. The summed E-state index contributed by atoms with van der Waals surface area (Å²) < 4.78 is 6.69. The van der Waals surface area contributed by atoms with Gasteiger partial charge >= 0.3 is 6.03 Å². The first kappa shape index (κ1) is 30.8. The summed E-state index contributed by atoms with van der Waals surface area (Å²) in [5.74, 6) is 1.38. The molecule has 1 heterocycles. The van der Waals surface area contributed by atoms with Gasteiger partial charge in [-0.2, -0.15) is 0 Å². The SMILES string of the molecule is C[C@H](CO)N1C[C@H](C)[C@@H](CN(C)CC2CCCCC2)Oc2ccc(NC(=O)Nc3cccc4ccccc34)cc2CC1=O. The predicted molar refractivity (Wildman–Crippen MR) is 173 cm³/mol. The molecule has 1 saturated carbocycles. The van der Waals surface area contributed by atoms with Crippen molar-refractivity contribution >= 4 is 34.1 Å². The highest BCUT2D eigenvalue weighted by atomic mass is 16.5. The zero-order chi connectivity index (χ0) is 30.3. The third-order valence-corrected chi connectivity index (χ3v) is 9.00. The number of hydrogen-bond acceptors (Lipinski definition) is 5. The van der Waals surface area contributed by atoms with Crippen molar-refractivity contribution in [1.82, 2.24) is 9.80 Å². The van der Waals surface area contributed by atoms with Crippen LogP contribution in [0.25, 0.3) is 10.8 Å². The number of amides is 3. The number of nitrogens with zero attached hydrogens (tertiary/aromatic N) is 2. The molecule has 1 aliphatic heterocycles. The van der Waals surface area contributed by atoms with Gasteiger partial charge in [-0.1, -0.05) is 62.6 Å². The van der Waals surface area contributed by atoms with Gasteiger partial charge in [0.15, 0.2) is 0 Å².